The van der Waals surface area contributed by atoms with Crippen LogP contribution < -0.4 is 5.73 Å². The third-order valence-electron chi connectivity index (χ3n) is 4.28. The van der Waals surface area contributed by atoms with Crippen molar-refractivity contribution in [2.24, 2.45) is 17.6 Å². The molecule has 0 aromatic carbocycles. The van der Waals surface area contributed by atoms with Gasteiger partial charge in [-0.05, 0) is 38.3 Å². The molecule has 1 saturated carbocycles. The normalized spacial score (nSPS) is 23.3. The van der Waals surface area contributed by atoms with Crippen molar-refractivity contribution >= 4 is 5.91 Å². The van der Waals surface area contributed by atoms with Gasteiger partial charge in [0.2, 0.25) is 5.91 Å². The fraction of sp³-hybridized carbons (Fsp3) is 0.667. The molecule has 106 valence electrons. The zero-order valence-corrected chi connectivity index (χ0v) is 11.9. The summed E-state index contributed by atoms with van der Waals surface area (Å²) in [6.07, 6.45) is 6.09. The Morgan fingerprint density at radius 2 is 2.21 bits per heavy atom. The summed E-state index contributed by atoms with van der Waals surface area (Å²) in [5.74, 6) is 1.58. The highest BCUT2D eigenvalue weighted by Crippen LogP contribution is 2.31. The van der Waals surface area contributed by atoms with Crippen LogP contribution in [0.4, 0.5) is 0 Å². The van der Waals surface area contributed by atoms with Crippen molar-refractivity contribution in [2.45, 2.75) is 39.2 Å². The second-order valence-corrected chi connectivity index (χ2v) is 5.58. The van der Waals surface area contributed by atoms with E-state index >= 15 is 0 Å². The molecule has 1 aliphatic carbocycles. The highest BCUT2D eigenvalue weighted by molar-refractivity contribution is 5.79. The maximum Gasteiger partial charge on any atom is 0.226 e. The molecule has 0 bridgehead atoms. The minimum absolute atomic E-state index is 0.107. The van der Waals surface area contributed by atoms with Gasteiger partial charge in [0.05, 0.1) is 6.26 Å². The molecule has 2 N–H and O–H groups in total. The molecule has 0 aliphatic heterocycles. The van der Waals surface area contributed by atoms with Crippen LogP contribution in [-0.2, 0) is 11.3 Å². The van der Waals surface area contributed by atoms with E-state index in [1.54, 1.807) is 6.26 Å². The predicted molar refractivity (Wildman–Crippen MR) is 74.4 cm³/mol. The molecule has 4 heteroatoms. The van der Waals surface area contributed by atoms with Gasteiger partial charge in [-0.3, -0.25) is 4.79 Å². The van der Waals surface area contributed by atoms with Crippen molar-refractivity contribution in [1.29, 1.82) is 0 Å². The molecule has 1 aliphatic rings. The summed E-state index contributed by atoms with van der Waals surface area (Å²) in [5.41, 5.74) is 6.89. The van der Waals surface area contributed by atoms with Crippen LogP contribution in [0.3, 0.4) is 0 Å². The van der Waals surface area contributed by atoms with Gasteiger partial charge in [-0.2, -0.15) is 0 Å². The summed E-state index contributed by atoms with van der Waals surface area (Å²) in [5, 5.41) is 0. The lowest BCUT2D eigenvalue weighted by Crippen LogP contribution is -2.40. The minimum atomic E-state index is 0.107. The van der Waals surface area contributed by atoms with E-state index in [1.165, 1.54) is 6.42 Å². The molecule has 1 heterocycles. The first-order valence-corrected chi connectivity index (χ1v) is 7.11. The average molecular weight is 264 g/mol. The molecule has 2 unspecified atom stereocenters. The molecule has 1 aromatic heterocycles. The van der Waals surface area contributed by atoms with Crippen LogP contribution in [0.5, 0.6) is 0 Å². The van der Waals surface area contributed by atoms with Gasteiger partial charge < -0.3 is 15.1 Å². The van der Waals surface area contributed by atoms with Gasteiger partial charge in [0, 0.05) is 25.1 Å². The Bertz CT molecular complexity index is 428. The molecule has 2 rings (SSSR count). The Balaban J connectivity index is 2.00. The van der Waals surface area contributed by atoms with Gasteiger partial charge >= 0.3 is 0 Å². The zero-order chi connectivity index (χ0) is 13.8. The first-order chi connectivity index (χ1) is 9.13. The van der Waals surface area contributed by atoms with E-state index in [4.69, 9.17) is 10.2 Å². The van der Waals surface area contributed by atoms with E-state index in [-0.39, 0.29) is 11.8 Å². The third-order valence-corrected chi connectivity index (χ3v) is 4.28. The summed E-state index contributed by atoms with van der Waals surface area (Å²) >= 11 is 0. The standard InChI is InChI=1S/C15H24N2O2/c1-11-13(7-8-19-11)10-17(2)15(18)14-6-4-3-5-12(14)9-16/h7-8,12,14H,3-6,9-10,16H2,1-2H3. The lowest BCUT2D eigenvalue weighted by atomic mass is 9.78. The van der Waals surface area contributed by atoms with Crippen molar-refractivity contribution < 1.29 is 9.21 Å². The first-order valence-electron chi connectivity index (χ1n) is 7.11. The average Bonchev–Trinajstić information content (AvgIpc) is 2.83. The Morgan fingerprint density at radius 3 is 2.84 bits per heavy atom. The smallest absolute Gasteiger partial charge is 0.226 e. The number of furan rings is 1. The Kier molecular flexibility index (Phi) is 4.64. The molecule has 1 fully saturated rings. The molecule has 0 radical (unpaired) electrons. The highest BCUT2D eigenvalue weighted by atomic mass is 16.3. The van der Waals surface area contributed by atoms with Gasteiger partial charge in [0.15, 0.2) is 0 Å². The predicted octanol–water partition coefficient (Wildman–Crippen LogP) is 2.31. The second kappa shape index (κ2) is 6.24. The summed E-state index contributed by atoms with van der Waals surface area (Å²) in [6, 6.07) is 1.93. The number of amides is 1. The minimum Gasteiger partial charge on any atom is -0.469 e. The molecule has 19 heavy (non-hydrogen) atoms. The van der Waals surface area contributed by atoms with Crippen molar-refractivity contribution in [1.82, 2.24) is 4.90 Å². The fourth-order valence-corrected chi connectivity index (χ4v) is 3.01. The van der Waals surface area contributed by atoms with Gasteiger partial charge in [-0.25, -0.2) is 0 Å². The monoisotopic (exact) mass is 264 g/mol. The van der Waals surface area contributed by atoms with Crippen LogP contribution in [0.1, 0.15) is 37.0 Å². The molecule has 4 nitrogen and oxygen atoms in total. The molecular formula is C15H24N2O2. The van der Waals surface area contributed by atoms with E-state index in [1.807, 2.05) is 24.9 Å². The Hall–Kier alpha value is -1.29. The number of nitrogens with two attached hydrogens (primary N) is 1. The van der Waals surface area contributed by atoms with E-state index in [9.17, 15) is 4.79 Å². The van der Waals surface area contributed by atoms with Crippen LogP contribution in [-0.4, -0.2) is 24.4 Å². The SMILES string of the molecule is Cc1occc1CN(C)C(=O)C1CCCCC1CN. The number of carbonyl (C=O) groups is 1. The van der Waals surface area contributed by atoms with E-state index < -0.39 is 0 Å². The van der Waals surface area contributed by atoms with Gasteiger partial charge in [-0.15, -0.1) is 0 Å². The fourth-order valence-electron chi connectivity index (χ4n) is 3.01. The Labute approximate surface area is 114 Å². The summed E-state index contributed by atoms with van der Waals surface area (Å²) in [6.45, 7) is 3.17. The van der Waals surface area contributed by atoms with Gasteiger partial charge in [0.25, 0.3) is 0 Å². The quantitative estimate of drug-likeness (QED) is 0.907. The second-order valence-electron chi connectivity index (χ2n) is 5.58. The van der Waals surface area contributed by atoms with Crippen molar-refractivity contribution in [3.63, 3.8) is 0 Å². The number of carbonyl (C=O) groups excluding carboxylic acids is 1. The molecular weight excluding hydrogens is 240 g/mol. The van der Waals surface area contributed by atoms with Crippen molar-refractivity contribution in [2.75, 3.05) is 13.6 Å². The van der Waals surface area contributed by atoms with Gasteiger partial charge in [-0.1, -0.05) is 12.8 Å². The maximum absolute atomic E-state index is 12.5. The van der Waals surface area contributed by atoms with Gasteiger partial charge in [0.1, 0.15) is 5.76 Å². The Morgan fingerprint density at radius 1 is 1.47 bits per heavy atom. The summed E-state index contributed by atoms with van der Waals surface area (Å²) in [7, 11) is 1.87. The van der Waals surface area contributed by atoms with E-state index in [2.05, 4.69) is 0 Å². The molecule has 0 spiro atoms. The molecule has 2 atom stereocenters. The number of nitrogens with zero attached hydrogens (tertiary/aromatic N) is 1. The lowest BCUT2D eigenvalue weighted by Gasteiger charge is -2.32. The highest BCUT2D eigenvalue weighted by Gasteiger charge is 2.31. The number of hydrogen-bond donors (Lipinski definition) is 1. The van der Waals surface area contributed by atoms with Crippen LogP contribution in [0.15, 0.2) is 16.7 Å². The van der Waals surface area contributed by atoms with Crippen LogP contribution >= 0.6 is 0 Å². The molecule has 1 aromatic rings. The number of aryl methyl sites for hydroxylation is 1. The number of hydrogen-bond acceptors (Lipinski definition) is 3. The topological polar surface area (TPSA) is 59.5 Å². The van der Waals surface area contributed by atoms with Crippen LogP contribution in [0.25, 0.3) is 0 Å². The third kappa shape index (κ3) is 3.18. The van der Waals surface area contributed by atoms with Crippen LogP contribution in [0.2, 0.25) is 0 Å². The van der Waals surface area contributed by atoms with E-state index in [0.29, 0.717) is 19.0 Å². The largest absolute Gasteiger partial charge is 0.469 e. The van der Waals surface area contributed by atoms with Crippen molar-refractivity contribution in [3.8, 4) is 0 Å². The molecule has 0 saturated heterocycles. The maximum atomic E-state index is 12.5. The lowest BCUT2D eigenvalue weighted by molar-refractivity contribution is -0.137. The van der Waals surface area contributed by atoms with E-state index in [0.717, 1.165) is 30.6 Å². The first kappa shape index (κ1) is 14.1. The summed E-state index contributed by atoms with van der Waals surface area (Å²) < 4.78 is 5.27. The zero-order valence-electron chi connectivity index (χ0n) is 11.9. The van der Waals surface area contributed by atoms with Crippen LogP contribution in [0, 0.1) is 18.8 Å². The number of rotatable bonds is 4. The molecule has 1 amide bonds. The van der Waals surface area contributed by atoms with Crippen molar-refractivity contribution in [3.05, 3.63) is 23.7 Å². The summed E-state index contributed by atoms with van der Waals surface area (Å²) in [4.78, 5) is 14.4.